The van der Waals surface area contributed by atoms with Gasteiger partial charge in [-0.25, -0.2) is 0 Å². The molecule has 0 aromatic heterocycles. The van der Waals surface area contributed by atoms with Gasteiger partial charge in [0, 0.05) is 29.7 Å². The predicted molar refractivity (Wildman–Crippen MR) is 71.4 cm³/mol. The quantitative estimate of drug-likeness (QED) is 0.794. The third-order valence-electron chi connectivity index (χ3n) is 3.31. The number of ether oxygens (including phenoxy) is 1. The lowest BCUT2D eigenvalue weighted by atomic mass is 9.91. The molecule has 0 bridgehead atoms. The molecule has 0 spiro atoms. The fourth-order valence-electron chi connectivity index (χ4n) is 2.19. The summed E-state index contributed by atoms with van der Waals surface area (Å²) in [6.07, 6.45) is 2.66. The van der Waals surface area contributed by atoms with Crippen molar-refractivity contribution < 1.29 is 9.53 Å². The average Bonchev–Trinajstić information content (AvgIpc) is 2.34. The van der Waals surface area contributed by atoms with Crippen LogP contribution in [0.1, 0.15) is 35.2 Å². The topological polar surface area (TPSA) is 26.3 Å². The van der Waals surface area contributed by atoms with E-state index >= 15 is 0 Å². The van der Waals surface area contributed by atoms with E-state index in [0.717, 1.165) is 41.7 Å². The number of hydrogen-bond donors (Lipinski definition) is 0. The van der Waals surface area contributed by atoms with Crippen LogP contribution in [0.5, 0.6) is 0 Å². The van der Waals surface area contributed by atoms with Crippen molar-refractivity contribution in [3.8, 4) is 0 Å². The second-order valence-corrected chi connectivity index (χ2v) is 5.41. The Hall–Kier alpha value is -0.670. The van der Waals surface area contributed by atoms with Gasteiger partial charge in [0.15, 0.2) is 5.78 Å². The average molecular weight is 297 g/mol. The molecule has 1 aliphatic heterocycles. The zero-order valence-electron chi connectivity index (χ0n) is 10.0. The molecule has 0 saturated carbocycles. The highest BCUT2D eigenvalue weighted by Crippen LogP contribution is 2.26. The maximum Gasteiger partial charge on any atom is 0.164 e. The highest BCUT2D eigenvalue weighted by atomic mass is 79.9. The minimum atomic E-state index is 0.243. The molecule has 0 radical (unpaired) electrons. The Morgan fingerprint density at radius 3 is 2.82 bits per heavy atom. The van der Waals surface area contributed by atoms with Crippen LogP contribution in [0, 0.1) is 12.8 Å². The lowest BCUT2D eigenvalue weighted by Gasteiger charge is -2.21. The van der Waals surface area contributed by atoms with Crippen LogP contribution in [0.25, 0.3) is 0 Å². The van der Waals surface area contributed by atoms with Crippen molar-refractivity contribution in [1.82, 2.24) is 0 Å². The van der Waals surface area contributed by atoms with Crippen molar-refractivity contribution in [3.63, 3.8) is 0 Å². The Morgan fingerprint density at radius 2 is 2.12 bits per heavy atom. The Balaban J connectivity index is 2.06. The van der Waals surface area contributed by atoms with Gasteiger partial charge < -0.3 is 4.74 Å². The number of ketones is 1. The van der Waals surface area contributed by atoms with E-state index in [2.05, 4.69) is 15.9 Å². The Kier molecular flexibility index (Phi) is 4.35. The van der Waals surface area contributed by atoms with Crippen LogP contribution in [-0.4, -0.2) is 19.0 Å². The summed E-state index contributed by atoms with van der Waals surface area (Å²) in [5.74, 6) is 0.733. The van der Waals surface area contributed by atoms with E-state index in [1.807, 2.05) is 25.1 Å². The van der Waals surface area contributed by atoms with E-state index in [1.54, 1.807) is 0 Å². The van der Waals surface area contributed by atoms with Gasteiger partial charge in [0.25, 0.3) is 0 Å². The third kappa shape index (κ3) is 3.17. The molecule has 1 fully saturated rings. The van der Waals surface area contributed by atoms with Gasteiger partial charge in [0.05, 0.1) is 0 Å². The fraction of sp³-hybridized carbons (Fsp3) is 0.500. The Labute approximate surface area is 110 Å². The number of halogens is 1. The summed E-state index contributed by atoms with van der Waals surface area (Å²) in [6, 6.07) is 5.85. The van der Waals surface area contributed by atoms with Crippen molar-refractivity contribution >= 4 is 21.7 Å². The van der Waals surface area contributed by atoms with Crippen LogP contribution in [0.15, 0.2) is 22.7 Å². The zero-order chi connectivity index (χ0) is 12.3. The molecular weight excluding hydrogens is 280 g/mol. The van der Waals surface area contributed by atoms with E-state index in [9.17, 15) is 4.79 Å². The highest BCUT2D eigenvalue weighted by Gasteiger charge is 2.19. The molecule has 1 aromatic carbocycles. The van der Waals surface area contributed by atoms with E-state index in [-0.39, 0.29) is 5.78 Å². The maximum atomic E-state index is 12.2. The number of carbonyl (C=O) groups is 1. The molecule has 1 aliphatic rings. The molecule has 1 aromatic rings. The second-order valence-electron chi connectivity index (χ2n) is 4.62. The molecule has 0 aliphatic carbocycles. The van der Waals surface area contributed by atoms with E-state index in [1.165, 1.54) is 0 Å². The lowest BCUT2D eigenvalue weighted by Crippen LogP contribution is -2.19. The van der Waals surface area contributed by atoms with Gasteiger partial charge in [-0.3, -0.25) is 4.79 Å². The molecule has 1 saturated heterocycles. The van der Waals surface area contributed by atoms with Gasteiger partial charge in [-0.2, -0.15) is 0 Å². The van der Waals surface area contributed by atoms with Crippen molar-refractivity contribution in [1.29, 1.82) is 0 Å². The predicted octanol–water partition coefficient (Wildman–Crippen LogP) is 3.76. The molecule has 0 unspecified atom stereocenters. The first-order valence-corrected chi connectivity index (χ1v) is 6.84. The molecule has 17 heavy (non-hydrogen) atoms. The minimum Gasteiger partial charge on any atom is -0.381 e. The summed E-state index contributed by atoms with van der Waals surface area (Å²) < 4.78 is 6.25. The van der Waals surface area contributed by atoms with Gasteiger partial charge >= 0.3 is 0 Å². The van der Waals surface area contributed by atoms with Crippen LogP contribution in [0.4, 0.5) is 0 Å². The van der Waals surface area contributed by atoms with E-state index in [0.29, 0.717) is 12.3 Å². The smallest absolute Gasteiger partial charge is 0.164 e. The number of hydrogen-bond acceptors (Lipinski definition) is 2. The number of Topliss-reactive ketones (excluding diaryl/α,β-unsaturated/α-hetero) is 1. The highest BCUT2D eigenvalue weighted by molar-refractivity contribution is 9.10. The van der Waals surface area contributed by atoms with Crippen LogP contribution >= 0.6 is 15.9 Å². The molecule has 1 heterocycles. The standard InChI is InChI=1S/C14H17BrO2/c1-10-3-2-4-12(14(10)15)13(16)9-11-5-7-17-8-6-11/h2-4,11H,5-9H2,1H3. The van der Waals surface area contributed by atoms with Crippen LogP contribution in [0.2, 0.25) is 0 Å². The van der Waals surface area contributed by atoms with Crippen LogP contribution in [0.3, 0.4) is 0 Å². The molecule has 2 rings (SSSR count). The van der Waals surface area contributed by atoms with Gasteiger partial charge in [-0.15, -0.1) is 0 Å². The van der Waals surface area contributed by atoms with E-state index < -0.39 is 0 Å². The van der Waals surface area contributed by atoms with Gasteiger partial charge in [-0.05, 0) is 47.2 Å². The molecule has 0 amide bonds. The Morgan fingerprint density at radius 1 is 1.41 bits per heavy atom. The van der Waals surface area contributed by atoms with Crippen molar-refractivity contribution in [3.05, 3.63) is 33.8 Å². The number of carbonyl (C=O) groups excluding carboxylic acids is 1. The van der Waals surface area contributed by atoms with Crippen molar-refractivity contribution in [2.45, 2.75) is 26.2 Å². The zero-order valence-corrected chi connectivity index (χ0v) is 11.6. The minimum absolute atomic E-state index is 0.243. The van der Waals surface area contributed by atoms with Gasteiger partial charge in [0.1, 0.15) is 0 Å². The first-order chi connectivity index (χ1) is 8.18. The summed E-state index contributed by atoms with van der Waals surface area (Å²) in [5.41, 5.74) is 1.93. The summed E-state index contributed by atoms with van der Waals surface area (Å²) in [5, 5.41) is 0. The second kappa shape index (κ2) is 5.78. The summed E-state index contributed by atoms with van der Waals surface area (Å²) in [6.45, 7) is 3.61. The molecule has 0 N–H and O–H groups in total. The first kappa shape index (κ1) is 12.8. The van der Waals surface area contributed by atoms with E-state index in [4.69, 9.17) is 4.74 Å². The summed E-state index contributed by atoms with van der Waals surface area (Å²) in [4.78, 5) is 12.2. The molecule has 0 atom stereocenters. The van der Waals surface area contributed by atoms with Crippen LogP contribution in [-0.2, 0) is 4.74 Å². The number of rotatable bonds is 3. The third-order valence-corrected chi connectivity index (χ3v) is 4.36. The summed E-state index contributed by atoms with van der Waals surface area (Å²) >= 11 is 3.50. The number of benzene rings is 1. The first-order valence-electron chi connectivity index (χ1n) is 6.04. The van der Waals surface area contributed by atoms with Crippen LogP contribution < -0.4 is 0 Å². The van der Waals surface area contributed by atoms with Gasteiger partial charge in [-0.1, -0.05) is 18.2 Å². The molecule has 2 nitrogen and oxygen atoms in total. The molecule has 92 valence electrons. The Bertz CT molecular complexity index is 409. The fourth-order valence-corrected chi connectivity index (χ4v) is 2.67. The van der Waals surface area contributed by atoms with Crippen molar-refractivity contribution in [2.24, 2.45) is 5.92 Å². The van der Waals surface area contributed by atoms with Gasteiger partial charge in [0.2, 0.25) is 0 Å². The number of aryl methyl sites for hydroxylation is 1. The largest absolute Gasteiger partial charge is 0.381 e. The normalized spacial score (nSPS) is 17.1. The SMILES string of the molecule is Cc1cccc(C(=O)CC2CCOCC2)c1Br. The lowest BCUT2D eigenvalue weighted by molar-refractivity contribution is 0.0601. The molecular formula is C14H17BrO2. The monoisotopic (exact) mass is 296 g/mol. The summed E-state index contributed by atoms with van der Waals surface area (Å²) in [7, 11) is 0. The maximum absolute atomic E-state index is 12.2. The molecule has 3 heteroatoms. The van der Waals surface area contributed by atoms with Crippen molar-refractivity contribution in [2.75, 3.05) is 13.2 Å².